The molecule has 2 aromatic carbocycles. The first-order chi connectivity index (χ1) is 15.9. The van der Waals surface area contributed by atoms with Crippen molar-refractivity contribution in [3.05, 3.63) is 54.1 Å². The maximum absolute atomic E-state index is 11.4. The lowest BCUT2D eigenvalue weighted by Gasteiger charge is -2.38. The van der Waals surface area contributed by atoms with E-state index in [9.17, 15) is 5.11 Å². The fourth-order valence-corrected chi connectivity index (χ4v) is 6.25. The van der Waals surface area contributed by atoms with E-state index in [-0.39, 0.29) is 16.0 Å². The fraction of sp³-hybridized carbons (Fsp3) is 0.586. The summed E-state index contributed by atoms with van der Waals surface area (Å²) in [6, 6.07) is 16.5. The number of rotatable bonds is 10. The van der Waals surface area contributed by atoms with Gasteiger partial charge < -0.3 is 14.0 Å². The molecule has 0 saturated heterocycles. The van der Waals surface area contributed by atoms with Crippen LogP contribution in [-0.4, -0.2) is 27.5 Å². The Kier molecular flexibility index (Phi) is 9.82. The van der Waals surface area contributed by atoms with Crippen LogP contribution in [0.15, 0.2) is 53.4 Å². The molecule has 196 valence electrons. The standard InChI is InChI=1S/C29H48O3SSi2/c1-22(17-18-33-26-15-13-12-14-16-26)27(30)23-19-24(31-34(8,9)28(2,3)4)21-25(20-23)32-35(10,11)29(5,6)7/h12-16,19-22,27,30H,17-18H2,1-11H3/t22-,27-/m0/s1. The predicted octanol–water partition coefficient (Wildman–Crippen LogP) is 9.31. The molecular formula is C29H48O3SSi2. The molecule has 1 N–H and O–H groups in total. The molecule has 0 aliphatic heterocycles. The van der Waals surface area contributed by atoms with Gasteiger partial charge in [0.2, 0.25) is 16.6 Å². The van der Waals surface area contributed by atoms with E-state index in [0.717, 1.165) is 29.2 Å². The van der Waals surface area contributed by atoms with Crippen molar-refractivity contribution < 1.29 is 14.0 Å². The van der Waals surface area contributed by atoms with Crippen LogP contribution in [0.3, 0.4) is 0 Å². The van der Waals surface area contributed by atoms with Crippen LogP contribution in [-0.2, 0) is 0 Å². The molecule has 0 radical (unpaired) electrons. The van der Waals surface area contributed by atoms with E-state index in [2.05, 4.69) is 98.9 Å². The maximum atomic E-state index is 11.4. The third-order valence-corrected chi connectivity index (χ3v) is 17.5. The maximum Gasteiger partial charge on any atom is 0.250 e. The quantitative estimate of drug-likeness (QED) is 0.244. The van der Waals surface area contributed by atoms with Gasteiger partial charge in [-0.1, -0.05) is 66.7 Å². The van der Waals surface area contributed by atoms with Crippen molar-refractivity contribution in [2.24, 2.45) is 5.92 Å². The molecule has 0 unspecified atom stereocenters. The lowest BCUT2D eigenvalue weighted by molar-refractivity contribution is 0.116. The second-order valence-electron chi connectivity index (χ2n) is 12.8. The first kappa shape index (κ1) is 30.0. The molecule has 0 fully saturated rings. The van der Waals surface area contributed by atoms with Gasteiger partial charge in [-0.25, -0.2) is 0 Å². The molecule has 6 heteroatoms. The Labute approximate surface area is 221 Å². The molecule has 0 aliphatic carbocycles. The summed E-state index contributed by atoms with van der Waals surface area (Å²) in [4.78, 5) is 1.27. The molecule has 2 rings (SSSR count). The number of hydrogen-bond acceptors (Lipinski definition) is 4. The summed E-state index contributed by atoms with van der Waals surface area (Å²) < 4.78 is 13.4. The molecule has 0 spiro atoms. The topological polar surface area (TPSA) is 38.7 Å². The Balaban J connectivity index is 2.29. The normalized spacial score (nSPS) is 15.0. The minimum absolute atomic E-state index is 0.0873. The van der Waals surface area contributed by atoms with Crippen LogP contribution in [0.1, 0.15) is 66.6 Å². The lowest BCUT2D eigenvalue weighted by Crippen LogP contribution is -2.44. The van der Waals surface area contributed by atoms with E-state index in [1.807, 2.05) is 36.0 Å². The minimum Gasteiger partial charge on any atom is -0.543 e. The molecule has 2 atom stereocenters. The Hall–Kier alpha value is -1.22. The van der Waals surface area contributed by atoms with Crippen LogP contribution in [0.25, 0.3) is 0 Å². The second-order valence-corrected chi connectivity index (χ2v) is 23.5. The molecular weight excluding hydrogens is 485 g/mol. The van der Waals surface area contributed by atoms with Crippen molar-refractivity contribution in [1.82, 2.24) is 0 Å². The number of hydrogen-bond donors (Lipinski definition) is 1. The van der Waals surface area contributed by atoms with Crippen molar-refractivity contribution in [3.8, 4) is 11.5 Å². The largest absolute Gasteiger partial charge is 0.543 e. The van der Waals surface area contributed by atoms with Gasteiger partial charge in [0.05, 0.1) is 6.10 Å². The summed E-state index contributed by atoms with van der Waals surface area (Å²) in [5, 5.41) is 11.5. The zero-order valence-electron chi connectivity index (χ0n) is 23.9. The van der Waals surface area contributed by atoms with Gasteiger partial charge in [0.15, 0.2) is 0 Å². The van der Waals surface area contributed by atoms with Crippen LogP contribution in [0, 0.1) is 5.92 Å². The van der Waals surface area contributed by atoms with Gasteiger partial charge in [0.25, 0.3) is 0 Å². The van der Waals surface area contributed by atoms with Crippen LogP contribution < -0.4 is 8.85 Å². The average Bonchev–Trinajstić information content (AvgIpc) is 2.71. The summed E-state index contributed by atoms with van der Waals surface area (Å²) in [6.07, 6.45) is 0.350. The van der Waals surface area contributed by atoms with E-state index in [4.69, 9.17) is 8.85 Å². The third kappa shape index (κ3) is 8.41. The van der Waals surface area contributed by atoms with Gasteiger partial charge in [-0.2, -0.15) is 0 Å². The molecule has 2 aromatic rings. The highest BCUT2D eigenvalue weighted by atomic mass is 32.2. The highest BCUT2D eigenvalue weighted by Gasteiger charge is 2.41. The highest BCUT2D eigenvalue weighted by molar-refractivity contribution is 7.99. The van der Waals surface area contributed by atoms with E-state index < -0.39 is 22.7 Å². The van der Waals surface area contributed by atoms with Crippen LogP contribution in [0.4, 0.5) is 0 Å². The Morgan fingerprint density at radius 2 is 1.26 bits per heavy atom. The van der Waals surface area contributed by atoms with Gasteiger partial charge >= 0.3 is 0 Å². The second kappa shape index (κ2) is 11.4. The number of aliphatic hydroxyl groups excluding tert-OH is 1. The first-order valence-electron chi connectivity index (χ1n) is 12.8. The van der Waals surface area contributed by atoms with Crippen molar-refractivity contribution >= 4 is 28.4 Å². The van der Waals surface area contributed by atoms with E-state index in [1.165, 1.54) is 4.90 Å². The van der Waals surface area contributed by atoms with E-state index in [0.29, 0.717) is 0 Å². The molecule has 0 bridgehead atoms. The van der Waals surface area contributed by atoms with Crippen LogP contribution in [0.5, 0.6) is 11.5 Å². The van der Waals surface area contributed by atoms with Gasteiger partial charge in [-0.3, -0.25) is 0 Å². The van der Waals surface area contributed by atoms with E-state index >= 15 is 0 Å². The Bertz CT molecular complexity index is 900. The molecule has 0 aliphatic rings. The summed E-state index contributed by atoms with van der Waals surface area (Å²) in [5.74, 6) is 2.71. The summed E-state index contributed by atoms with van der Waals surface area (Å²) >= 11 is 1.84. The molecule has 0 aromatic heterocycles. The van der Waals surface area contributed by atoms with Gasteiger partial charge in [-0.15, -0.1) is 11.8 Å². The molecule has 0 amide bonds. The average molecular weight is 533 g/mol. The zero-order valence-corrected chi connectivity index (χ0v) is 26.7. The van der Waals surface area contributed by atoms with Crippen molar-refractivity contribution in [2.75, 3.05) is 5.75 Å². The van der Waals surface area contributed by atoms with Crippen molar-refractivity contribution in [1.29, 1.82) is 0 Å². The summed E-state index contributed by atoms with van der Waals surface area (Å²) in [5.41, 5.74) is 0.882. The molecule has 35 heavy (non-hydrogen) atoms. The first-order valence-corrected chi connectivity index (χ1v) is 19.6. The monoisotopic (exact) mass is 532 g/mol. The number of benzene rings is 2. The Morgan fingerprint density at radius 1 is 0.800 bits per heavy atom. The fourth-order valence-electron chi connectivity index (χ4n) is 3.14. The lowest BCUT2D eigenvalue weighted by atomic mass is 9.95. The predicted molar refractivity (Wildman–Crippen MR) is 158 cm³/mol. The van der Waals surface area contributed by atoms with Crippen molar-refractivity contribution in [2.45, 2.75) is 102 Å². The Morgan fingerprint density at radius 3 is 1.69 bits per heavy atom. The van der Waals surface area contributed by atoms with Crippen LogP contribution in [0.2, 0.25) is 36.3 Å². The molecule has 0 heterocycles. The minimum atomic E-state index is -2.04. The zero-order chi connectivity index (χ0) is 26.7. The SMILES string of the molecule is C[C@@H](CCSc1ccccc1)[C@H](O)c1cc(O[Si](C)(C)C(C)(C)C)cc(O[Si](C)(C)C(C)(C)C)c1. The van der Waals surface area contributed by atoms with Crippen LogP contribution >= 0.6 is 11.8 Å². The molecule has 3 nitrogen and oxygen atoms in total. The van der Waals surface area contributed by atoms with E-state index in [1.54, 1.807) is 0 Å². The summed E-state index contributed by atoms with van der Waals surface area (Å²) in [7, 11) is -4.07. The highest BCUT2D eigenvalue weighted by Crippen LogP contribution is 2.42. The van der Waals surface area contributed by atoms with Gasteiger partial charge in [-0.05, 0) is 84.2 Å². The van der Waals surface area contributed by atoms with Gasteiger partial charge in [0, 0.05) is 11.0 Å². The van der Waals surface area contributed by atoms with Gasteiger partial charge in [0.1, 0.15) is 11.5 Å². The molecule has 0 saturated carbocycles. The number of aliphatic hydroxyl groups is 1. The smallest absolute Gasteiger partial charge is 0.250 e. The third-order valence-electron chi connectivity index (χ3n) is 7.73. The van der Waals surface area contributed by atoms with Crippen molar-refractivity contribution in [3.63, 3.8) is 0 Å². The number of thioether (sulfide) groups is 1. The summed E-state index contributed by atoms with van der Waals surface area (Å²) in [6.45, 7) is 24.6.